The van der Waals surface area contributed by atoms with E-state index in [0.29, 0.717) is 82.5 Å². The quantitative estimate of drug-likeness (QED) is 0.144. The minimum absolute atomic E-state index is 0.0357. The van der Waals surface area contributed by atoms with Crippen molar-refractivity contribution in [1.29, 1.82) is 0 Å². The van der Waals surface area contributed by atoms with E-state index in [2.05, 4.69) is 20.2 Å². The number of alkyl halides is 3. The lowest BCUT2D eigenvalue weighted by Gasteiger charge is -2.19. The van der Waals surface area contributed by atoms with E-state index in [-0.39, 0.29) is 6.61 Å². The molecule has 0 fully saturated rings. The summed E-state index contributed by atoms with van der Waals surface area (Å²) in [6.45, 7) is 16.5. The van der Waals surface area contributed by atoms with Crippen LogP contribution in [0.1, 0.15) is 84.3 Å². The van der Waals surface area contributed by atoms with Crippen molar-refractivity contribution in [2.75, 3.05) is 6.61 Å². The first-order valence-corrected chi connectivity index (χ1v) is 20.1. The van der Waals surface area contributed by atoms with Gasteiger partial charge in [0.2, 0.25) is 17.1 Å². The predicted octanol–water partition coefficient (Wildman–Crippen LogP) is 4.72. The van der Waals surface area contributed by atoms with Gasteiger partial charge in [0.05, 0.1) is 33.5 Å². The molecule has 0 aliphatic heterocycles. The van der Waals surface area contributed by atoms with Crippen LogP contribution in [0.5, 0.6) is 5.75 Å². The molecule has 0 radical (unpaired) electrons. The highest BCUT2D eigenvalue weighted by atomic mass is 19.4. The third-order valence-electron chi connectivity index (χ3n) is 10.2. The highest BCUT2D eigenvalue weighted by Gasteiger charge is 2.38. The van der Waals surface area contributed by atoms with Gasteiger partial charge in [-0.25, -0.2) is 4.79 Å². The Morgan fingerprint density at radius 2 is 1.25 bits per heavy atom. The Kier molecular flexibility index (Phi) is 14.1. The minimum atomic E-state index is -5.08. The number of aliphatic hydroxyl groups is 1. The molecule has 0 atom stereocenters. The molecule has 0 aliphatic rings. The molecule has 21 heteroatoms. The van der Waals surface area contributed by atoms with Crippen molar-refractivity contribution in [3.63, 3.8) is 0 Å². The van der Waals surface area contributed by atoms with Crippen molar-refractivity contribution in [3.8, 4) is 5.75 Å². The van der Waals surface area contributed by atoms with Crippen molar-refractivity contribution in [2.45, 2.75) is 93.3 Å². The van der Waals surface area contributed by atoms with Gasteiger partial charge in [-0.1, -0.05) is 17.2 Å². The molecule has 6 rings (SSSR count). The van der Waals surface area contributed by atoms with Gasteiger partial charge in [0.25, 0.3) is 11.8 Å². The zero-order chi connectivity index (χ0) is 47.6. The molecule has 4 heterocycles. The predicted molar refractivity (Wildman–Crippen MR) is 229 cm³/mol. The zero-order valence-electron chi connectivity index (χ0n) is 37.3. The number of allylic oxidation sites excluding steroid dienone is 2. The van der Waals surface area contributed by atoms with Gasteiger partial charge in [0.1, 0.15) is 29.3 Å². The largest absolute Gasteiger partial charge is 0.490 e. The molecule has 3 amide bonds. The molecule has 4 aromatic heterocycles. The van der Waals surface area contributed by atoms with Crippen LogP contribution in [0.4, 0.5) is 13.2 Å². The van der Waals surface area contributed by atoms with Gasteiger partial charge < -0.3 is 39.0 Å². The number of hydrogen-bond acceptors (Lipinski definition) is 8. The number of nitrogens with zero attached hydrogens (tertiary/aromatic N) is 10. The Balaban J connectivity index is 0.00000102. The zero-order valence-corrected chi connectivity index (χ0v) is 37.3. The number of aryl methyl sites for hydroxylation is 6. The van der Waals surface area contributed by atoms with E-state index in [9.17, 15) is 32.7 Å². The van der Waals surface area contributed by atoms with Crippen LogP contribution in [0.15, 0.2) is 69.7 Å². The fraction of sp³-hybridized carbons (Fsp3) is 0.395. The van der Waals surface area contributed by atoms with Crippen molar-refractivity contribution in [3.05, 3.63) is 99.3 Å². The summed E-state index contributed by atoms with van der Waals surface area (Å²) in [5.41, 5.74) is 12.6. The normalized spacial score (nSPS) is 13.0. The third kappa shape index (κ3) is 10.4. The van der Waals surface area contributed by atoms with E-state index in [4.69, 9.17) is 20.4 Å². The van der Waals surface area contributed by atoms with Gasteiger partial charge >= 0.3 is 12.1 Å². The first kappa shape index (κ1) is 48.0. The number of aromatic nitrogens is 8. The maximum Gasteiger partial charge on any atom is 0.490 e. The molecule has 342 valence electrons. The molecule has 0 saturated carbocycles. The van der Waals surface area contributed by atoms with E-state index < -0.39 is 35.5 Å². The molecule has 0 unspecified atom stereocenters. The summed E-state index contributed by atoms with van der Waals surface area (Å²) in [6.07, 6.45) is -5.08. The monoisotopic (exact) mass is 891 g/mol. The van der Waals surface area contributed by atoms with Crippen LogP contribution in [0, 0.1) is 13.8 Å². The molecule has 64 heavy (non-hydrogen) atoms. The fourth-order valence-electron chi connectivity index (χ4n) is 6.92. The second kappa shape index (κ2) is 18.8. The van der Waals surface area contributed by atoms with Crippen LogP contribution in [0.3, 0.4) is 0 Å². The second-order valence-corrected chi connectivity index (χ2v) is 15.9. The molecule has 0 saturated heterocycles. The Morgan fingerprint density at radius 1 is 0.766 bits per heavy atom. The van der Waals surface area contributed by atoms with Gasteiger partial charge in [0.15, 0.2) is 0 Å². The van der Waals surface area contributed by atoms with Crippen molar-refractivity contribution >= 4 is 45.8 Å². The smallest absolute Gasteiger partial charge is 0.488 e. The van der Waals surface area contributed by atoms with E-state index in [0.717, 1.165) is 22.2 Å². The number of ether oxygens (including phenoxy) is 1. The molecule has 0 spiro atoms. The van der Waals surface area contributed by atoms with Crippen LogP contribution < -0.4 is 21.7 Å². The molecular formula is C43H52F3N11O7. The lowest BCUT2D eigenvalue weighted by molar-refractivity contribution is -0.192. The molecule has 4 N–H and O–H groups in total. The van der Waals surface area contributed by atoms with Crippen molar-refractivity contribution in [2.24, 2.45) is 29.8 Å². The summed E-state index contributed by atoms with van der Waals surface area (Å²) < 4.78 is 48.7. The van der Waals surface area contributed by atoms with E-state index >= 15 is 0 Å². The third-order valence-corrected chi connectivity index (χ3v) is 10.2. The SMILES string of the molecule is CCn1nc(C)cc1C(=O)/N=c1\n(C)c2cc(C(N)=O)ccc2n1C/C(C)=C(\C)Cn1/c(=N/C(=O)c2cc(C)nn2CC)n(C)c2cccc(OCC(C)(C)O)c21.O=C(O)C(F)(F)F. The van der Waals surface area contributed by atoms with Gasteiger partial charge in [-0.2, -0.15) is 33.4 Å². The average Bonchev–Trinajstić information content (AvgIpc) is 3.94. The highest BCUT2D eigenvalue weighted by molar-refractivity contribution is 5.97. The number of nitrogens with two attached hydrogens (primary N) is 1. The molecule has 0 bridgehead atoms. The summed E-state index contributed by atoms with van der Waals surface area (Å²) in [7, 11) is 3.64. The number of primary amides is 1. The van der Waals surface area contributed by atoms with Gasteiger partial charge in [-0.05, 0) is 97.9 Å². The average molecular weight is 892 g/mol. The highest BCUT2D eigenvalue weighted by Crippen LogP contribution is 2.27. The number of halogens is 3. The summed E-state index contributed by atoms with van der Waals surface area (Å²) in [5, 5.41) is 26.6. The number of carboxylic acid groups (broad SMARTS) is 1. The first-order chi connectivity index (χ1) is 29.9. The first-order valence-electron chi connectivity index (χ1n) is 20.1. The van der Waals surface area contributed by atoms with Gasteiger partial charge in [0, 0.05) is 45.8 Å². The number of para-hydroxylation sites is 1. The Hall–Kier alpha value is -7.03. The lowest BCUT2D eigenvalue weighted by atomic mass is 10.1. The summed E-state index contributed by atoms with van der Waals surface area (Å²) >= 11 is 0. The number of carbonyl (C=O) groups excluding carboxylic acids is 3. The second-order valence-electron chi connectivity index (χ2n) is 15.9. The molecule has 2 aromatic carbocycles. The summed E-state index contributed by atoms with van der Waals surface area (Å²) in [4.78, 5) is 58.0. The molecular weight excluding hydrogens is 840 g/mol. The number of fused-ring (bicyclic) bond motifs is 2. The standard InChI is InChI=1S/C41H51N11O5.C2HF3O2/c1-11-51-32(18-26(5)45-51)37(54)43-39-48(10)31-20-28(36(42)53)16-17-29(31)49(39)21-24(3)25(4)22-50-35-30(14-13-15-34(35)57-23-41(7,8)56)47(9)40(50)44-38(55)33-19-27(6)46-52(33)12-2;3-2(4,5)1(6)7/h13-20,56H,11-12,21-23H2,1-10H3,(H2,42,53);(H,6,7)/b25-24+,43-39+,44-40+;. The Bertz CT molecular complexity index is 2970. The number of imidazole rings is 2. The molecule has 6 aromatic rings. The van der Waals surface area contributed by atoms with Crippen LogP contribution in [0.25, 0.3) is 22.1 Å². The molecule has 0 aliphatic carbocycles. The minimum Gasteiger partial charge on any atom is -0.488 e. The summed E-state index contributed by atoms with van der Waals surface area (Å²) in [5.74, 6) is -3.69. The number of aliphatic carboxylic acids is 1. The van der Waals surface area contributed by atoms with Crippen LogP contribution in [0.2, 0.25) is 0 Å². The van der Waals surface area contributed by atoms with E-state index in [1.54, 1.807) is 65.2 Å². The van der Waals surface area contributed by atoms with Gasteiger partial charge in [-0.3, -0.25) is 23.7 Å². The van der Waals surface area contributed by atoms with Gasteiger partial charge in [-0.15, -0.1) is 0 Å². The lowest BCUT2D eigenvalue weighted by Crippen LogP contribution is -2.29. The van der Waals surface area contributed by atoms with Crippen LogP contribution in [-0.4, -0.2) is 90.1 Å². The van der Waals surface area contributed by atoms with Crippen molar-refractivity contribution < 1.29 is 47.3 Å². The Labute approximate surface area is 365 Å². The maximum absolute atomic E-state index is 13.8. The number of hydrogen-bond donors (Lipinski definition) is 3. The number of rotatable bonds is 12. The molecule has 18 nitrogen and oxygen atoms in total. The number of amides is 3. The van der Waals surface area contributed by atoms with Crippen molar-refractivity contribution in [1.82, 2.24) is 37.8 Å². The maximum atomic E-state index is 13.8. The Morgan fingerprint density at radius 3 is 1.72 bits per heavy atom. The van der Waals surface area contributed by atoms with E-state index in [1.165, 1.54) is 0 Å². The summed E-state index contributed by atoms with van der Waals surface area (Å²) in [6, 6.07) is 14.2. The number of carbonyl (C=O) groups is 4. The van der Waals surface area contributed by atoms with Crippen LogP contribution in [-0.2, 0) is 45.1 Å². The van der Waals surface area contributed by atoms with E-state index in [1.807, 2.05) is 80.5 Å². The topological polar surface area (TPSA) is 224 Å². The number of benzene rings is 2. The number of carboxylic acids is 1. The fourth-order valence-corrected chi connectivity index (χ4v) is 6.92. The van der Waals surface area contributed by atoms with Crippen LogP contribution >= 0.6 is 0 Å².